The Morgan fingerprint density at radius 1 is 1.15 bits per heavy atom. The maximum absolute atomic E-state index is 11.9. The van der Waals surface area contributed by atoms with Gasteiger partial charge in [-0.15, -0.1) is 0 Å². The zero-order valence-corrected chi connectivity index (χ0v) is 15.7. The van der Waals surface area contributed by atoms with Gasteiger partial charge in [-0.3, -0.25) is 9.69 Å². The lowest BCUT2D eigenvalue weighted by Crippen LogP contribution is -2.38. The Morgan fingerprint density at radius 3 is 2.63 bits per heavy atom. The lowest BCUT2D eigenvalue weighted by molar-refractivity contribution is -0.118. The third-order valence-electron chi connectivity index (χ3n) is 3.96. The SMILES string of the molecule is O=C(COc1ccc(Cl)cc1)Nc1ccc(OCCN2CCOCC2)nc1. The third-order valence-corrected chi connectivity index (χ3v) is 4.22. The monoisotopic (exact) mass is 391 g/mol. The number of ether oxygens (including phenoxy) is 3. The molecule has 27 heavy (non-hydrogen) atoms. The number of rotatable bonds is 8. The van der Waals surface area contributed by atoms with Gasteiger partial charge in [0.2, 0.25) is 5.88 Å². The van der Waals surface area contributed by atoms with Crippen LogP contribution in [0.25, 0.3) is 0 Å². The summed E-state index contributed by atoms with van der Waals surface area (Å²) in [5.41, 5.74) is 0.584. The van der Waals surface area contributed by atoms with Gasteiger partial charge in [0.1, 0.15) is 12.4 Å². The van der Waals surface area contributed by atoms with Gasteiger partial charge < -0.3 is 19.5 Å². The van der Waals surface area contributed by atoms with Crippen LogP contribution in [0.4, 0.5) is 5.69 Å². The van der Waals surface area contributed by atoms with Gasteiger partial charge in [0.05, 0.1) is 25.1 Å². The summed E-state index contributed by atoms with van der Waals surface area (Å²) in [4.78, 5) is 18.4. The molecule has 2 aromatic rings. The van der Waals surface area contributed by atoms with E-state index in [0.717, 1.165) is 32.8 Å². The maximum Gasteiger partial charge on any atom is 0.262 e. The van der Waals surface area contributed by atoms with E-state index in [1.165, 1.54) is 0 Å². The van der Waals surface area contributed by atoms with Crippen molar-refractivity contribution >= 4 is 23.2 Å². The van der Waals surface area contributed by atoms with E-state index in [1.807, 2.05) is 0 Å². The Balaban J connectivity index is 1.37. The maximum atomic E-state index is 11.9. The average Bonchev–Trinajstić information content (AvgIpc) is 2.70. The van der Waals surface area contributed by atoms with E-state index in [1.54, 1.807) is 42.6 Å². The number of amides is 1. The van der Waals surface area contributed by atoms with E-state index >= 15 is 0 Å². The van der Waals surface area contributed by atoms with E-state index in [2.05, 4.69) is 15.2 Å². The number of morpholine rings is 1. The lowest BCUT2D eigenvalue weighted by atomic mass is 10.3. The number of halogens is 1. The van der Waals surface area contributed by atoms with Crippen LogP contribution in [0.1, 0.15) is 0 Å². The van der Waals surface area contributed by atoms with Crippen molar-refractivity contribution in [3.8, 4) is 11.6 Å². The number of pyridine rings is 1. The van der Waals surface area contributed by atoms with Gasteiger partial charge in [-0.2, -0.15) is 0 Å². The molecule has 1 fully saturated rings. The average molecular weight is 392 g/mol. The van der Waals surface area contributed by atoms with Gasteiger partial charge in [0.25, 0.3) is 5.91 Å². The van der Waals surface area contributed by atoms with Crippen molar-refractivity contribution in [1.82, 2.24) is 9.88 Å². The molecule has 1 N–H and O–H groups in total. The van der Waals surface area contributed by atoms with Gasteiger partial charge in [0.15, 0.2) is 6.61 Å². The summed E-state index contributed by atoms with van der Waals surface area (Å²) < 4.78 is 16.4. The van der Waals surface area contributed by atoms with Gasteiger partial charge >= 0.3 is 0 Å². The zero-order valence-electron chi connectivity index (χ0n) is 14.9. The lowest BCUT2D eigenvalue weighted by Gasteiger charge is -2.26. The minimum Gasteiger partial charge on any atom is -0.484 e. The number of benzene rings is 1. The molecule has 0 unspecified atom stereocenters. The van der Waals surface area contributed by atoms with Crippen molar-refractivity contribution in [2.24, 2.45) is 0 Å². The predicted octanol–water partition coefficient (Wildman–Crippen LogP) is 2.46. The fourth-order valence-electron chi connectivity index (χ4n) is 2.52. The molecular weight excluding hydrogens is 370 g/mol. The van der Waals surface area contributed by atoms with Gasteiger partial charge in [-0.25, -0.2) is 4.98 Å². The van der Waals surface area contributed by atoms with Crippen molar-refractivity contribution in [3.63, 3.8) is 0 Å². The molecule has 2 heterocycles. The molecule has 8 heteroatoms. The van der Waals surface area contributed by atoms with Gasteiger partial charge in [-0.05, 0) is 30.3 Å². The smallest absolute Gasteiger partial charge is 0.262 e. The van der Waals surface area contributed by atoms with Crippen LogP contribution in [-0.2, 0) is 9.53 Å². The molecule has 1 aromatic carbocycles. The summed E-state index contributed by atoms with van der Waals surface area (Å²) in [6.07, 6.45) is 1.56. The van der Waals surface area contributed by atoms with Crippen LogP contribution in [0.15, 0.2) is 42.6 Å². The first-order valence-electron chi connectivity index (χ1n) is 8.76. The topological polar surface area (TPSA) is 72.9 Å². The summed E-state index contributed by atoms with van der Waals surface area (Å²) in [5.74, 6) is 0.836. The molecule has 0 atom stereocenters. The van der Waals surface area contributed by atoms with Crippen molar-refractivity contribution in [2.75, 3.05) is 51.4 Å². The molecular formula is C19H22ClN3O4. The van der Waals surface area contributed by atoms with Gasteiger partial charge in [-0.1, -0.05) is 11.6 Å². The summed E-state index contributed by atoms with van der Waals surface area (Å²) in [6, 6.07) is 10.3. The minimum atomic E-state index is -0.271. The fraction of sp³-hybridized carbons (Fsp3) is 0.368. The molecule has 0 radical (unpaired) electrons. The van der Waals surface area contributed by atoms with Crippen LogP contribution >= 0.6 is 11.6 Å². The van der Waals surface area contributed by atoms with Crippen molar-refractivity contribution in [2.45, 2.75) is 0 Å². The van der Waals surface area contributed by atoms with Crippen LogP contribution in [0, 0.1) is 0 Å². The first-order valence-corrected chi connectivity index (χ1v) is 9.14. The highest BCUT2D eigenvalue weighted by atomic mass is 35.5. The van der Waals surface area contributed by atoms with E-state index in [0.29, 0.717) is 28.9 Å². The van der Waals surface area contributed by atoms with E-state index in [9.17, 15) is 4.79 Å². The highest BCUT2D eigenvalue weighted by Gasteiger charge is 2.10. The molecule has 1 aromatic heterocycles. The molecule has 1 amide bonds. The van der Waals surface area contributed by atoms with Crippen molar-refractivity contribution in [3.05, 3.63) is 47.6 Å². The number of nitrogens with one attached hydrogen (secondary N) is 1. The predicted molar refractivity (Wildman–Crippen MR) is 103 cm³/mol. The Bertz CT molecular complexity index is 719. The minimum absolute atomic E-state index is 0.0978. The molecule has 144 valence electrons. The first-order chi connectivity index (χ1) is 13.2. The number of aromatic nitrogens is 1. The highest BCUT2D eigenvalue weighted by Crippen LogP contribution is 2.16. The third kappa shape index (κ3) is 6.71. The van der Waals surface area contributed by atoms with Crippen LogP contribution in [0.3, 0.4) is 0 Å². The summed E-state index contributed by atoms with van der Waals surface area (Å²) in [6.45, 7) is 4.71. The second kappa shape index (κ2) is 10.1. The van der Waals surface area contributed by atoms with Crippen LogP contribution in [-0.4, -0.2) is 61.9 Å². The quantitative estimate of drug-likeness (QED) is 0.745. The fourth-order valence-corrected chi connectivity index (χ4v) is 2.65. The molecule has 0 saturated carbocycles. The van der Waals surface area contributed by atoms with Crippen molar-refractivity contribution in [1.29, 1.82) is 0 Å². The highest BCUT2D eigenvalue weighted by molar-refractivity contribution is 6.30. The number of hydrogen-bond acceptors (Lipinski definition) is 6. The summed E-state index contributed by atoms with van der Waals surface area (Å²) in [5, 5.41) is 3.34. The Morgan fingerprint density at radius 2 is 1.93 bits per heavy atom. The molecule has 1 aliphatic rings. The second-order valence-corrected chi connectivity index (χ2v) is 6.41. The summed E-state index contributed by atoms with van der Waals surface area (Å²) >= 11 is 5.81. The molecule has 1 aliphatic heterocycles. The Kier molecular flexibility index (Phi) is 7.27. The normalized spacial score (nSPS) is 14.6. The molecule has 0 bridgehead atoms. The Labute approximate surface area is 163 Å². The zero-order chi connectivity index (χ0) is 18.9. The van der Waals surface area contributed by atoms with Crippen LogP contribution < -0.4 is 14.8 Å². The number of anilines is 1. The number of carbonyl (C=O) groups is 1. The molecule has 1 saturated heterocycles. The number of nitrogens with zero attached hydrogens (tertiary/aromatic N) is 2. The van der Waals surface area contributed by atoms with Crippen molar-refractivity contribution < 1.29 is 19.0 Å². The number of hydrogen-bond donors (Lipinski definition) is 1. The molecule has 0 aliphatic carbocycles. The first kappa shape index (κ1) is 19.4. The Hall–Kier alpha value is -2.35. The van der Waals surface area contributed by atoms with Crippen LogP contribution in [0.5, 0.6) is 11.6 Å². The largest absolute Gasteiger partial charge is 0.484 e. The standard InChI is InChI=1S/C19H22ClN3O4/c20-15-1-4-17(5-2-15)27-14-18(24)22-16-3-6-19(21-13-16)26-12-9-23-7-10-25-11-8-23/h1-6,13H,7-12,14H2,(H,22,24). The molecule has 7 nitrogen and oxygen atoms in total. The van der Waals surface area contributed by atoms with Gasteiger partial charge in [0, 0.05) is 30.7 Å². The molecule has 3 rings (SSSR count). The summed E-state index contributed by atoms with van der Waals surface area (Å²) in [7, 11) is 0. The molecule has 0 spiro atoms. The second-order valence-electron chi connectivity index (χ2n) is 5.98. The van der Waals surface area contributed by atoms with E-state index in [-0.39, 0.29) is 12.5 Å². The van der Waals surface area contributed by atoms with Crippen LogP contribution in [0.2, 0.25) is 5.02 Å². The van der Waals surface area contributed by atoms with E-state index in [4.69, 9.17) is 25.8 Å². The van der Waals surface area contributed by atoms with E-state index < -0.39 is 0 Å². The number of carbonyl (C=O) groups excluding carboxylic acids is 1.